The molecule has 1 heterocycles. The number of anilines is 2. The summed E-state index contributed by atoms with van der Waals surface area (Å²) in [4.78, 5) is 20.4. The van der Waals surface area contributed by atoms with Crippen LogP contribution in [0, 0.1) is 0 Å². The van der Waals surface area contributed by atoms with Gasteiger partial charge in [-0.05, 0) is 32.9 Å². The molecule has 2 N–H and O–H groups in total. The maximum Gasteiger partial charge on any atom is 0.271 e. The van der Waals surface area contributed by atoms with E-state index in [0.29, 0.717) is 17.3 Å². The van der Waals surface area contributed by atoms with E-state index in [1.54, 1.807) is 26.4 Å². The number of ether oxygens (including phenoxy) is 2. The third kappa shape index (κ3) is 4.58. The Morgan fingerprint density at radius 3 is 2.29 bits per heavy atom. The van der Waals surface area contributed by atoms with Crippen LogP contribution in [-0.4, -0.2) is 35.6 Å². The molecule has 1 aromatic carbocycles. The average Bonchev–Trinajstić information content (AvgIpc) is 2.53. The lowest BCUT2D eigenvalue weighted by molar-refractivity contribution is 0.0914. The van der Waals surface area contributed by atoms with Gasteiger partial charge in [-0.25, -0.2) is 9.97 Å². The highest BCUT2D eigenvalue weighted by molar-refractivity contribution is 5.92. The monoisotopic (exact) mass is 330 g/mol. The minimum absolute atomic E-state index is 0.257. The molecule has 2 rings (SSSR count). The first-order valence-corrected chi connectivity index (χ1v) is 7.46. The fourth-order valence-electron chi connectivity index (χ4n) is 1.98. The van der Waals surface area contributed by atoms with Crippen molar-refractivity contribution in [1.29, 1.82) is 0 Å². The van der Waals surface area contributed by atoms with Crippen molar-refractivity contribution in [2.24, 2.45) is 0 Å². The second-order valence-corrected chi connectivity index (χ2v) is 6.19. The van der Waals surface area contributed by atoms with Gasteiger partial charge in [0.2, 0.25) is 0 Å². The quantitative estimate of drug-likeness (QED) is 0.877. The van der Waals surface area contributed by atoms with Gasteiger partial charge in [0, 0.05) is 17.3 Å². The average molecular weight is 330 g/mol. The highest BCUT2D eigenvalue weighted by Gasteiger charge is 2.16. The van der Waals surface area contributed by atoms with Gasteiger partial charge in [-0.3, -0.25) is 4.79 Å². The third-order valence-electron chi connectivity index (χ3n) is 3.03. The number of methoxy groups -OCH3 is 2. The van der Waals surface area contributed by atoms with Gasteiger partial charge < -0.3 is 20.1 Å². The van der Waals surface area contributed by atoms with E-state index in [1.807, 2.05) is 26.8 Å². The zero-order valence-corrected chi connectivity index (χ0v) is 14.5. The van der Waals surface area contributed by atoms with Gasteiger partial charge in [-0.15, -0.1) is 0 Å². The lowest BCUT2D eigenvalue weighted by Crippen LogP contribution is -2.40. The molecular weight excluding hydrogens is 308 g/mol. The van der Waals surface area contributed by atoms with Crippen LogP contribution in [0.5, 0.6) is 11.5 Å². The molecule has 1 amide bonds. The number of nitrogens with zero attached hydrogens (tertiary/aromatic N) is 2. The molecule has 0 radical (unpaired) electrons. The van der Waals surface area contributed by atoms with E-state index in [4.69, 9.17) is 9.47 Å². The van der Waals surface area contributed by atoms with Crippen molar-refractivity contribution >= 4 is 17.4 Å². The standard InChI is InChI=1S/C17H22N4O3/c1-17(2,3)21-16(22)12-9-19-15(10-18-12)20-11-6-7-13(23-4)14(8-11)24-5/h6-10H,1-5H3,(H,19,20)(H,21,22). The summed E-state index contributed by atoms with van der Waals surface area (Å²) in [5, 5.41) is 5.94. The van der Waals surface area contributed by atoms with Crippen molar-refractivity contribution in [1.82, 2.24) is 15.3 Å². The Morgan fingerprint density at radius 2 is 1.75 bits per heavy atom. The summed E-state index contributed by atoms with van der Waals surface area (Å²) in [6, 6.07) is 5.42. The summed E-state index contributed by atoms with van der Waals surface area (Å²) in [6.07, 6.45) is 2.94. The molecule has 0 aliphatic heterocycles. The molecule has 0 saturated heterocycles. The van der Waals surface area contributed by atoms with E-state index in [1.165, 1.54) is 12.4 Å². The predicted molar refractivity (Wildman–Crippen MR) is 92.1 cm³/mol. The molecular formula is C17H22N4O3. The number of carbonyl (C=O) groups excluding carboxylic acids is 1. The zero-order chi connectivity index (χ0) is 17.7. The highest BCUT2D eigenvalue weighted by atomic mass is 16.5. The summed E-state index contributed by atoms with van der Waals surface area (Å²) in [7, 11) is 3.15. The van der Waals surface area contributed by atoms with Gasteiger partial charge in [0.15, 0.2) is 11.5 Å². The second kappa shape index (κ2) is 7.16. The molecule has 0 saturated carbocycles. The van der Waals surface area contributed by atoms with Crippen LogP contribution in [0.1, 0.15) is 31.3 Å². The van der Waals surface area contributed by atoms with Crippen LogP contribution in [0.3, 0.4) is 0 Å². The second-order valence-electron chi connectivity index (χ2n) is 6.19. The van der Waals surface area contributed by atoms with E-state index in [0.717, 1.165) is 5.69 Å². The normalized spacial score (nSPS) is 10.9. The van der Waals surface area contributed by atoms with Crippen molar-refractivity contribution < 1.29 is 14.3 Å². The van der Waals surface area contributed by atoms with E-state index in [2.05, 4.69) is 20.6 Å². The molecule has 0 aliphatic carbocycles. The molecule has 7 nitrogen and oxygen atoms in total. The fourth-order valence-corrected chi connectivity index (χ4v) is 1.98. The molecule has 0 spiro atoms. The van der Waals surface area contributed by atoms with Crippen LogP contribution < -0.4 is 20.1 Å². The third-order valence-corrected chi connectivity index (χ3v) is 3.03. The molecule has 128 valence electrons. The first-order valence-electron chi connectivity index (χ1n) is 7.46. The maximum atomic E-state index is 12.0. The van der Waals surface area contributed by atoms with E-state index < -0.39 is 0 Å². The number of carbonyl (C=O) groups is 1. The maximum absolute atomic E-state index is 12.0. The lowest BCUT2D eigenvalue weighted by Gasteiger charge is -2.19. The summed E-state index contributed by atoms with van der Waals surface area (Å²) >= 11 is 0. The first-order chi connectivity index (χ1) is 11.3. The topological polar surface area (TPSA) is 85.4 Å². The van der Waals surface area contributed by atoms with Gasteiger partial charge in [0.25, 0.3) is 5.91 Å². The molecule has 0 bridgehead atoms. The van der Waals surface area contributed by atoms with Gasteiger partial charge in [-0.1, -0.05) is 0 Å². The molecule has 0 aliphatic rings. The molecule has 7 heteroatoms. The van der Waals surface area contributed by atoms with E-state index >= 15 is 0 Å². The SMILES string of the molecule is COc1ccc(Nc2cnc(C(=O)NC(C)(C)C)cn2)cc1OC. The molecule has 0 atom stereocenters. The summed E-state index contributed by atoms with van der Waals surface area (Å²) in [5.74, 6) is 1.52. The van der Waals surface area contributed by atoms with E-state index in [-0.39, 0.29) is 17.1 Å². The minimum Gasteiger partial charge on any atom is -0.493 e. The van der Waals surface area contributed by atoms with Crippen molar-refractivity contribution in [2.45, 2.75) is 26.3 Å². The van der Waals surface area contributed by atoms with Crippen LogP contribution in [0.15, 0.2) is 30.6 Å². The number of amides is 1. The Hall–Kier alpha value is -2.83. The lowest BCUT2D eigenvalue weighted by atomic mass is 10.1. The highest BCUT2D eigenvalue weighted by Crippen LogP contribution is 2.30. The summed E-state index contributed by atoms with van der Waals surface area (Å²) in [6.45, 7) is 5.72. The molecule has 24 heavy (non-hydrogen) atoms. The van der Waals surface area contributed by atoms with Gasteiger partial charge in [-0.2, -0.15) is 0 Å². The Morgan fingerprint density at radius 1 is 1.04 bits per heavy atom. The van der Waals surface area contributed by atoms with Crippen molar-refractivity contribution in [2.75, 3.05) is 19.5 Å². The largest absolute Gasteiger partial charge is 0.493 e. The van der Waals surface area contributed by atoms with Crippen molar-refractivity contribution in [3.05, 3.63) is 36.3 Å². The molecule has 0 unspecified atom stereocenters. The Labute approximate surface area is 141 Å². The number of benzene rings is 1. The first kappa shape index (κ1) is 17.5. The Kier molecular flexibility index (Phi) is 5.23. The fraction of sp³-hybridized carbons (Fsp3) is 0.353. The van der Waals surface area contributed by atoms with Crippen LogP contribution in [0.4, 0.5) is 11.5 Å². The summed E-state index contributed by atoms with van der Waals surface area (Å²) in [5.41, 5.74) is 0.714. The molecule has 2 aromatic rings. The Balaban J connectivity index is 2.10. The summed E-state index contributed by atoms with van der Waals surface area (Å²) < 4.78 is 10.5. The van der Waals surface area contributed by atoms with Crippen LogP contribution in [-0.2, 0) is 0 Å². The number of rotatable bonds is 5. The number of nitrogens with one attached hydrogen (secondary N) is 2. The molecule has 1 aromatic heterocycles. The number of hydrogen-bond donors (Lipinski definition) is 2. The zero-order valence-electron chi connectivity index (χ0n) is 14.5. The van der Waals surface area contributed by atoms with Crippen molar-refractivity contribution in [3.8, 4) is 11.5 Å². The smallest absolute Gasteiger partial charge is 0.271 e. The van der Waals surface area contributed by atoms with Gasteiger partial charge >= 0.3 is 0 Å². The van der Waals surface area contributed by atoms with E-state index in [9.17, 15) is 4.79 Å². The Bertz CT molecular complexity index is 709. The minimum atomic E-state index is -0.324. The van der Waals surface area contributed by atoms with Crippen LogP contribution >= 0.6 is 0 Å². The molecule has 0 fully saturated rings. The predicted octanol–water partition coefficient (Wildman–Crippen LogP) is 2.77. The number of hydrogen-bond acceptors (Lipinski definition) is 6. The van der Waals surface area contributed by atoms with Crippen LogP contribution in [0.2, 0.25) is 0 Å². The number of aromatic nitrogens is 2. The van der Waals surface area contributed by atoms with Gasteiger partial charge in [0.05, 0.1) is 26.6 Å². The van der Waals surface area contributed by atoms with Crippen LogP contribution in [0.25, 0.3) is 0 Å². The van der Waals surface area contributed by atoms with Crippen molar-refractivity contribution in [3.63, 3.8) is 0 Å². The van der Waals surface area contributed by atoms with Gasteiger partial charge in [0.1, 0.15) is 11.5 Å².